The van der Waals surface area contributed by atoms with Gasteiger partial charge in [-0.2, -0.15) is 0 Å². The van der Waals surface area contributed by atoms with Gasteiger partial charge < -0.3 is 11.1 Å². The zero-order valence-corrected chi connectivity index (χ0v) is 13.3. The van der Waals surface area contributed by atoms with Gasteiger partial charge in [-0.05, 0) is 31.0 Å². The lowest BCUT2D eigenvalue weighted by Crippen LogP contribution is -2.26. The minimum absolute atomic E-state index is 0.0624. The number of rotatable bonds is 5. The fourth-order valence-electron chi connectivity index (χ4n) is 1.57. The molecule has 0 atom stereocenters. The molecule has 0 fully saturated rings. The van der Waals surface area contributed by atoms with Crippen molar-refractivity contribution in [2.45, 2.75) is 13.3 Å². The highest BCUT2D eigenvalue weighted by Crippen LogP contribution is 2.22. The first-order valence-electron chi connectivity index (χ1n) is 5.72. The van der Waals surface area contributed by atoms with E-state index in [0.717, 1.165) is 4.47 Å². The van der Waals surface area contributed by atoms with Gasteiger partial charge in [-0.15, -0.1) is 0 Å². The Morgan fingerprint density at radius 1 is 1.42 bits per heavy atom. The van der Waals surface area contributed by atoms with Crippen LogP contribution in [0.2, 0.25) is 0 Å². The topological polar surface area (TPSA) is 89.3 Å². The number of carbonyl (C=O) groups excluding carboxylic acids is 1. The molecule has 19 heavy (non-hydrogen) atoms. The molecule has 0 bridgehead atoms. The van der Waals surface area contributed by atoms with E-state index < -0.39 is 9.84 Å². The van der Waals surface area contributed by atoms with Crippen LogP contribution in [-0.2, 0) is 9.84 Å². The fourth-order valence-corrected chi connectivity index (χ4v) is 2.71. The molecular formula is C12H17BrN2O3S. The Balaban J connectivity index is 2.64. The van der Waals surface area contributed by atoms with E-state index in [4.69, 9.17) is 5.73 Å². The third kappa shape index (κ3) is 5.20. The van der Waals surface area contributed by atoms with Gasteiger partial charge in [0.15, 0.2) is 0 Å². The molecule has 0 radical (unpaired) electrons. The molecule has 1 amide bonds. The number of anilines is 1. The predicted molar refractivity (Wildman–Crippen MR) is 80.0 cm³/mol. The summed E-state index contributed by atoms with van der Waals surface area (Å²) in [5.74, 6) is -0.189. The van der Waals surface area contributed by atoms with Gasteiger partial charge in [0, 0.05) is 28.5 Å². The molecule has 0 saturated heterocycles. The van der Waals surface area contributed by atoms with Crippen LogP contribution in [0.25, 0.3) is 0 Å². The summed E-state index contributed by atoms with van der Waals surface area (Å²) in [6.07, 6.45) is 1.57. The number of nitrogens with one attached hydrogen (secondary N) is 1. The summed E-state index contributed by atoms with van der Waals surface area (Å²) in [4.78, 5) is 12.0. The first-order chi connectivity index (χ1) is 8.70. The molecule has 1 aromatic carbocycles. The van der Waals surface area contributed by atoms with E-state index >= 15 is 0 Å². The van der Waals surface area contributed by atoms with Gasteiger partial charge in [-0.25, -0.2) is 8.42 Å². The Hall–Kier alpha value is -1.08. The second-order valence-electron chi connectivity index (χ2n) is 4.41. The van der Waals surface area contributed by atoms with Crippen LogP contribution in [0.3, 0.4) is 0 Å². The summed E-state index contributed by atoms with van der Waals surface area (Å²) in [7, 11) is -2.99. The van der Waals surface area contributed by atoms with Crippen molar-refractivity contribution in [1.82, 2.24) is 5.32 Å². The number of nitrogen functional groups attached to an aromatic ring is 1. The molecule has 0 spiro atoms. The van der Waals surface area contributed by atoms with Crippen molar-refractivity contribution in [2.24, 2.45) is 0 Å². The molecule has 106 valence electrons. The summed E-state index contributed by atoms with van der Waals surface area (Å²) >= 11 is 3.28. The summed E-state index contributed by atoms with van der Waals surface area (Å²) < 4.78 is 22.6. The Kier molecular flexibility index (Phi) is 5.37. The normalized spacial score (nSPS) is 11.3. The molecule has 0 heterocycles. The van der Waals surface area contributed by atoms with E-state index in [1.165, 1.54) is 6.26 Å². The first kappa shape index (κ1) is 16.0. The highest BCUT2D eigenvalue weighted by atomic mass is 79.9. The maximum absolute atomic E-state index is 12.0. The van der Waals surface area contributed by atoms with Gasteiger partial charge in [0.25, 0.3) is 5.91 Å². The van der Waals surface area contributed by atoms with Crippen molar-refractivity contribution in [1.29, 1.82) is 0 Å². The minimum Gasteiger partial charge on any atom is -0.398 e. The standard InChI is InChI=1S/C12H17BrN2O3S/c1-8-10(6-9(13)7-11(8)14)12(16)15-4-3-5-19(2,17)18/h6-7H,3-5,14H2,1-2H3,(H,15,16). The summed E-state index contributed by atoms with van der Waals surface area (Å²) in [5.41, 5.74) is 7.52. The molecule has 0 unspecified atom stereocenters. The average Bonchev–Trinajstić information content (AvgIpc) is 2.27. The van der Waals surface area contributed by atoms with Gasteiger partial charge in [0.05, 0.1) is 5.75 Å². The molecule has 0 saturated carbocycles. The Labute approximate surface area is 121 Å². The number of sulfone groups is 1. The molecule has 1 rings (SSSR count). The Morgan fingerprint density at radius 2 is 2.05 bits per heavy atom. The fraction of sp³-hybridized carbons (Fsp3) is 0.417. The van der Waals surface area contributed by atoms with Crippen molar-refractivity contribution in [3.05, 3.63) is 27.7 Å². The number of hydrogen-bond acceptors (Lipinski definition) is 4. The Morgan fingerprint density at radius 3 is 2.63 bits per heavy atom. The zero-order valence-electron chi connectivity index (χ0n) is 10.9. The predicted octanol–water partition coefficient (Wildman–Crippen LogP) is 1.50. The van der Waals surface area contributed by atoms with Crippen molar-refractivity contribution < 1.29 is 13.2 Å². The molecule has 0 aliphatic rings. The third-order valence-electron chi connectivity index (χ3n) is 2.63. The number of hydrogen-bond donors (Lipinski definition) is 2. The number of halogens is 1. The SMILES string of the molecule is Cc1c(N)cc(Br)cc1C(=O)NCCCS(C)(=O)=O. The monoisotopic (exact) mass is 348 g/mol. The summed E-state index contributed by atoms with van der Waals surface area (Å²) in [5, 5.41) is 2.69. The van der Waals surface area contributed by atoms with E-state index in [0.29, 0.717) is 29.8 Å². The van der Waals surface area contributed by atoms with E-state index in [9.17, 15) is 13.2 Å². The van der Waals surface area contributed by atoms with Crippen LogP contribution in [0.5, 0.6) is 0 Å². The molecule has 0 aliphatic heterocycles. The quantitative estimate of drug-likeness (QED) is 0.623. The van der Waals surface area contributed by atoms with Gasteiger partial charge >= 0.3 is 0 Å². The molecule has 1 aromatic rings. The maximum Gasteiger partial charge on any atom is 0.251 e. The molecule has 0 aromatic heterocycles. The van der Waals surface area contributed by atoms with Crippen LogP contribution in [0, 0.1) is 6.92 Å². The second-order valence-corrected chi connectivity index (χ2v) is 7.58. The molecule has 5 nitrogen and oxygen atoms in total. The lowest BCUT2D eigenvalue weighted by Gasteiger charge is -2.10. The van der Waals surface area contributed by atoms with E-state index in [1.807, 2.05) is 0 Å². The number of nitrogens with two attached hydrogens (primary N) is 1. The largest absolute Gasteiger partial charge is 0.398 e. The average molecular weight is 349 g/mol. The van der Waals surface area contributed by atoms with Crippen molar-refractivity contribution in [3.8, 4) is 0 Å². The van der Waals surface area contributed by atoms with Crippen LogP contribution in [0.15, 0.2) is 16.6 Å². The van der Waals surface area contributed by atoms with Crippen molar-refractivity contribution in [2.75, 3.05) is 24.3 Å². The number of amides is 1. The number of benzene rings is 1. The highest BCUT2D eigenvalue weighted by molar-refractivity contribution is 9.10. The van der Waals surface area contributed by atoms with Crippen LogP contribution in [-0.4, -0.2) is 32.9 Å². The lowest BCUT2D eigenvalue weighted by atomic mass is 10.1. The molecular weight excluding hydrogens is 332 g/mol. The van der Waals surface area contributed by atoms with Crippen LogP contribution in [0.4, 0.5) is 5.69 Å². The van der Waals surface area contributed by atoms with Crippen molar-refractivity contribution >= 4 is 37.4 Å². The molecule has 7 heteroatoms. The minimum atomic E-state index is -2.99. The highest BCUT2D eigenvalue weighted by Gasteiger charge is 2.12. The molecule has 0 aliphatic carbocycles. The lowest BCUT2D eigenvalue weighted by molar-refractivity contribution is 0.0953. The third-order valence-corrected chi connectivity index (χ3v) is 4.12. The summed E-state index contributed by atoms with van der Waals surface area (Å²) in [6.45, 7) is 2.09. The van der Waals surface area contributed by atoms with Gasteiger partial charge in [0.2, 0.25) is 0 Å². The smallest absolute Gasteiger partial charge is 0.251 e. The second kappa shape index (κ2) is 6.38. The maximum atomic E-state index is 12.0. The van der Waals surface area contributed by atoms with E-state index in [2.05, 4.69) is 21.2 Å². The Bertz CT molecular complexity index is 585. The zero-order chi connectivity index (χ0) is 14.6. The first-order valence-corrected chi connectivity index (χ1v) is 8.57. The van der Waals surface area contributed by atoms with Crippen LogP contribution >= 0.6 is 15.9 Å². The van der Waals surface area contributed by atoms with E-state index in [1.54, 1.807) is 19.1 Å². The summed E-state index contributed by atoms with van der Waals surface area (Å²) in [6, 6.07) is 3.42. The number of carbonyl (C=O) groups is 1. The van der Waals surface area contributed by atoms with Crippen LogP contribution < -0.4 is 11.1 Å². The van der Waals surface area contributed by atoms with Crippen LogP contribution in [0.1, 0.15) is 22.3 Å². The molecule has 3 N–H and O–H groups in total. The van der Waals surface area contributed by atoms with Gasteiger partial charge in [0.1, 0.15) is 9.84 Å². The van der Waals surface area contributed by atoms with Crippen molar-refractivity contribution in [3.63, 3.8) is 0 Å². The van der Waals surface area contributed by atoms with E-state index in [-0.39, 0.29) is 11.7 Å². The van der Waals surface area contributed by atoms with Gasteiger partial charge in [-0.3, -0.25) is 4.79 Å². The van der Waals surface area contributed by atoms with Gasteiger partial charge in [-0.1, -0.05) is 15.9 Å².